The summed E-state index contributed by atoms with van der Waals surface area (Å²) in [5.74, 6) is -0.273. The number of carbonyl (C=O) groups is 2. The molecule has 0 saturated heterocycles. The molecule has 1 fully saturated rings. The van der Waals surface area contributed by atoms with Crippen LogP contribution in [0.15, 0.2) is 59.6 Å². The molecule has 1 aliphatic heterocycles. The molecule has 30 heavy (non-hydrogen) atoms. The maximum absolute atomic E-state index is 13.4. The molecule has 2 amide bonds. The Morgan fingerprint density at radius 2 is 1.67 bits per heavy atom. The van der Waals surface area contributed by atoms with Crippen LogP contribution in [-0.4, -0.2) is 34.6 Å². The number of aliphatic imine (C=N–C) groups is 1. The molecule has 0 bridgehead atoms. The Labute approximate surface area is 178 Å². The molecule has 1 spiro atoms. The van der Waals surface area contributed by atoms with Crippen molar-refractivity contribution in [1.82, 2.24) is 10.2 Å². The molecule has 4 rings (SSSR count). The largest absolute Gasteiger partial charge is 0.350 e. The normalized spacial score (nSPS) is 18.2. The van der Waals surface area contributed by atoms with E-state index in [9.17, 15) is 9.59 Å². The Hall–Kier alpha value is -2.95. The molecular weight excluding hydrogens is 374 g/mol. The molecular formula is C25H29N3O2. The van der Waals surface area contributed by atoms with Gasteiger partial charge in [0.25, 0.3) is 5.91 Å². The Morgan fingerprint density at radius 3 is 2.33 bits per heavy atom. The van der Waals surface area contributed by atoms with Gasteiger partial charge in [0.1, 0.15) is 17.9 Å². The van der Waals surface area contributed by atoms with Gasteiger partial charge in [0, 0.05) is 12.1 Å². The van der Waals surface area contributed by atoms with Gasteiger partial charge in [-0.05, 0) is 38.2 Å². The van der Waals surface area contributed by atoms with E-state index in [2.05, 4.69) is 5.32 Å². The summed E-state index contributed by atoms with van der Waals surface area (Å²) in [6.45, 7) is 2.54. The smallest absolute Gasteiger partial charge is 0.275 e. The van der Waals surface area contributed by atoms with Crippen LogP contribution in [0.25, 0.3) is 0 Å². The van der Waals surface area contributed by atoms with Gasteiger partial charge in [0.2, 0.25) is 5.91 Å². The van der Waals surface area contributed by atoms with Crippen molar-refractivity contribution in [2.45, 2.75) is 57.7 Å². The highest BCUT2D eigenvalue weighted by Gasteiger charge is 2.47. The summed E-state index contributed by atoms with van der Waals surface area (Å²) in [7, 11) is 0. The fourth-order valence-electron chi connectivity index (χ4n) is 4.42. The fraction of sp³-hybridized carbons (Fsp3) is 0.400. The van der Waals surface area contributed by atoms with Gasteiger partial charge in [-0.25, -0.2) is 0 Å². The van der Waals surface area contributed by atoms with Crippen molar-refractivity contribution in [2.24, 2.45) is 4.99 Å². The van der Waals surface area contributed by atoms with Crippen molar-refractivity contribution in [3.8, 4) is 0 Å². The minimum absolute atomic E-state index is 0.0462. The van der Waals surface area contributed by atoms with Crippen molar-refractivity contribution in [1.29, 1.82) is 0 Å². The van der Waals surface area contributed by atoms with Gasteiger partial charge >= 0.3 is 0 Å². The number of aryl methyl sites for hydroxylation is 1. The SMILES string of the molecule is Cc1ccc(CNC(=O)CN2C(=O)C(c3ccccc3)=NC23CCCCCC3)cc1. The van der Waals surface area contributed by atoms with Gasteiger partial charge in [-0.15, -0.1) is 0 Å². The molecule has 1 saturated carbocycles. The van der Waals surface area contributed by atoms with E-state index >= 15 is 0 Å². The highest BCUT2D eigenvalue weighted by molar-refractivity contribution is 6.47. The topological polar surface area (TPSA) is 61.8 Å². The Kier molecular flexibility index (Phi) is 5.98. The number of rotatable bonds is 5. The number of hydrogen-bond donors (Lipinski definition) is 1. The molecule has 1 N–H and O–H groups in total. The second kappa shape index (κ2) is 8.82. The summed E-state index contributed by atoms with van der Waals surface area (Å²) < 4.78 is 0. The lowest BCUT2D eigenvalue weighted by Crippen LogP contribution is -2.51. The van der Waals surface area contributed by atoms with Gasteiger partial charge in [0.15, 0.2) is 0 Å². The standard InChI is InChI=1S/C25H29N3O2/c1-19-11-13-20(14-12-19)17-26-22(29)18-28-24(30)23(21-9-5-4-6-10-21)27-25(28)15-7-2-3-8-16-25/h4-6,9-14H,2-3,7-8,15-18H2,1H3,(H,26,29). The van der Waals surface area contributed by atoms with Crippen LogP contribution in [0.3, 0.4) is 0 Å². The molecule has 0 unspecified atom stereocenters. The number of nitrogens with zero attached hydrogens (tertiary/aromatic N) is 2. The van der Waals surface area contributed by atoms with Crippen LogP contribution in [-0.2, 0) is 16.1 Å². The molecule has 0 atom stereocenters. The van der Waals surface area contributed by atoms with E-state index in [1.807, 2.05) is 61.5 Å². The van der Waals surface area contributed by atoms with Gasteiger partial charge in [-0.2, -0.15) is 0 Å². The van der Waals surface area contributed by atoms with Gasteiger partial charge in [-0.3, -0.25) is 14.6 Å². The zero-order valence-electron chi connectivity index (χ0n) is 17.6. The fourth-order valence-corrected chi connectivity index (χ4v) is 4.42. The first-order valence-corrected chi connectivity index (χ1v) is 10.9. The summed E-state index contributed by atoms with van der Waals surface area (Å²) in [6, 6.07) is 17.7. The molecule has 156 valence electrons. The van der Waals surface area contributed by atoms with Gasteiger partial charge < -0.3 is 10.2 Å². The first kappa shape index (κ1) is 20.3. The summed E-state index contributed by atoms with van der Waals surface area (Å²) in [6.07, 6.45) is 6.00. The lowest BCUT2D eigenvalue weighted by Gasteiger charge is -2.35. The molecule has 5 nitrogen and oxygen atoms in total. The summed E-state index contributed by atoms with van der Waals surface area (Å²) in [5, 5.41) is 2.97. The van der Waals surface area contributed by atoms with E-state index in [4.69, 9.17) is 4.99 Å². The third-order valence-corrected chi connectivity index (χ3v) is 6.13. The predicted octanol–water partition coefficient (Wildman–Crippen LogP) is 3.99. The second-order valence-corrected chi connectivity index (χ2v) is 8.38. The lowest BCUT2D eigenvalue weighted by atomic mass is 10.00. The van der Waals surface area contributed by atoms with Crippen molar-refractivity contribution in [3.05, 3.63) is 71.3 Å². The zero-order chi connectivity index (χ0) is 21.0. The number of hydrogen-bond acceptors (Lipinski definition) is 3. The lowest BCUT2D eigenvalue weighted by molar-refractivity contribution is -0.135. The monoisotopic (exact) mass is 403 g/mol. The van der Waals surface area contributed by atoms with Crippen LogP contribution < -0.4 is 5.32 Å². The van der Waals surface area contributed by atoms with Gasteiger partial charge in [0.05, 0.1) is 0 Å². The predicted molar refractivity (Wildman–Crippen MR) is 118 cm³/mol. The van der Waals surface area contributed by atoms with Crippen molar-refractivity contribution < 1.29 is 9.59 Å². The van der Waals surface area contributed by atoms with Gasteiger partial charge in [-0.1, -0.05) is 73.0 Å². The minimum Gasteiger partial charge on any atom is -0.350 e. The molecule has 1 aliphatic carbocycles. The van der Waals surface area contributed by atoms with Crippen molar-refractivity contribution >= 4 is 17.5 Å². The maximum atomic E-state index is 13.4. The molecule has 0 radical (unpaired) electrons. The summed E-state index contributed by atoms with van der Waals surface area (Å²) >= 11 is 0. The molecule has 0 aromatic heterocycles. The number of benzene rings is 2. The third kappa shape index (κ3) is 4.30. The maximum Gasteiger partial charge on any atom is 0.275 e. The Morgan fingerprint density at radius 1 is 1.00 bits per heavy atom. The van der Waals surface area contributed by atoms with E-state index in [-0.39, 0.29) is 18.4 Å². The van der Waals surface area contributed by atoms with Crippen LogP contribution in [0.1, 0.15) is 55.2 Å². The number of amides is 2. The second-order valence-electron chi connectivity index (χ2n) is 8.38. The quantitative estimate of drug-likeness (QED) is 0.820. The number of nitrogens with one attached hydrogen (secondary N) is 1. The summed E-state index contributed by atoms with van der Waals surface area (Å²) in [4.78, 5) is 32.8. The highest BCUT2D eigenvalue weighted by Crippen LogP contribution is 2.38. The Balaban J connectivity index is 1.52. The average Bonchev–Trinajstić information content (AvgIpc) is 2.90. The van der Waals surface area contributed by atoms with Crippen LogP contribution in [0.2, 0.25) is 0 Å². The first-order chi connectivity index (χ1) is 14.6. The Bertz CT molecular complexity index is 927. The van der Waals surface area contributed by atoms with E-state index in [0.717, 1.165) is 49.7 Å². The highest BCUT2D eigenvalue weighted by atomic mass is 16.2. The molecule has 5 heteroatoms. The molecule has 2 aromatic carbocycles. The van der Waals surface area contributed by atoms with Crippen molar-refractivity contribution in [2.75, 3.05) is 6.54 Å². The van der Waals surface area contributed by atoms with Crippen molar-refractivity contribution in [3.63, 3.8) is 0 Å². The average molecular weight is 404 g/mol. The zero-order valence-corrected chi connectivity index (χ0v) is 17.6. The van der Waals surface area contributed by atoms with E-state index in [1.165, 1.54) is 5.56 Å². The van der Waals surface area contributed by atoms with Crippen LogP contribution in [0.5, 0.6) is 0 Å². The first-order valence-electron chi connectivity index (χ1n) is 10.9. The van der Waals surface area contributed by atoms with E-state index in [1.54, 1.807) is 4.90 Å². The minimum atomic E-state index is -0.583. The number of carbonyl (C=O) groups excluding carboxylic acids is 2. The third-order valence-electron chi connectivity index (χ3n) is 6.13. The molecule has 2 aliphatic rings. The molecule has 1 heterocycles. The van der Waals surface area contributed by atoms with E-state index in [0.29, 0.717) is 12.3 Å². The van der Waals surface area contributed by atoms with Crippen LogP contribution in [0, 0.1) is 6.92 Å². The molecule has 2 aromatic rings. The van der Waals surface area contributed by atoms with E-state index < -0.39 is 5.66 Å². The van der Waals surface area contributed by atoms with Crippen LogP contribution in [0.4, 0.5) is 0 Å². The summed E-state index contributed by atoms with van der Waals surface area (Å²) in [5.41, 5.74) is 2.97. The van der Waals surface area contributed by atoms with Crippen LogP contribution >= 0.6 is 0 Å².